The number of rotatable bonds is 8. The quantitative estimate of drug-likeness (QED) is 0.708. The van der Waals surface area contributed by atoms with Crippen LogP contribution in [-0.4, -0.2) is 34.4 Å². The zero-order valence-corrected chi connectivity index (χ0v) is 15.0. The van der Waals surface area contributed by atoms with Gasteiger partial charge in [0.25, 0.3) is 0 Å². The van der Waals surface area contributed by atoms with Crippen LogP contribution in [0.2, 0.25) is 0 Å². The standard InChI is InChI=1S/C17H20N4OS2/c22-14(10-23-16-21-20-15(24-16)19-13-6-7-13)18-11-17(8-9-17)12-4-2-1-3-5-12/h1-5,13H,6-11H2,(H,18,22)(H,19,20). The van der Waals surface area contributed by atoms with Crippen molar-refractivity contribution in [3.05, 3.63) is 35.9 Å². The van der Waals surface area contributed by atoms with Gasteiger partial charge in [0.1, 0.15) is 0 Å². The lowest BCUT2D eigenvalue weighted by Gasteiger charge is -2.16. The van der Waals surface area contributed by atoms with Crippen molar-refractivity contribution in [3.63, 3.8) is 0 Å². The maximum atomic E-state index is 12.1. The molecular weight excluding hydrogens is 340 g/mol. The Morgan fingerprint density at radius 1 is 1.25 bits per heavy atom. The number of aromatic nitrogens is 2. The molecule has 126 valence electrons. The minimum absolute atomic E-state index is 0.0640. The molecule has 0 radical (unpaired) electrons. The van der Waals surface area contributed by atoms with Crippen molar-refractivity contribution in [2.45, 2.75) is 41.5 Å². The van der Waals surface area contributed by atoms with Gasteiger partial charge < -0.3 is 10.6 Å². The zero-order chi connectivity index (χ0) is 16.4. The summed E-state index contributed by atoms with van der Waals surface area (Å²) in [4.78, 5) is 12.1. The number of amides is 1. The lowest BCUT2D eigenvalue weighted by atomic mass is 9.96. The van der Waals surface area contributed by atoms with E-state index in [1.165, 1.54) is 41.5 Å². The number of anilines is 1. The van der Waals surface area contributed by atoms with Crippen molar-refractivity contribution in [1.82, 2.24) is 15.5 Å². The smallest absolute Gasteiger partial charge is 0.230 e. The van der Waals surface area contributed by atoms with Crippen LogP contribution < -0.4 is 10.6 Å². The first-order chi connectivity index (χ1) is 11.7. The fraction of sp³-hybridized carbons (Fsp3) is 0.471. The van der Waals surface area contributed by atoms with E-state index in [9.17, 15) is 4.79 Å². The van der Waals surface area contributed by atoms with E-state index in [4.69, 9.17) is 0 Å². The topological polar surface area (TPSA) is 66.9 Å². The number of nitrogens with zero attached hydrogens (tertiary/aromatic N) is 2. The Labute approximate surface area is 149 Å². The van der Waals surface area contributed by atoms with Crippen molar-refractivity contribution >= 4 is 34.1 Å². The fourth-order valence-electron chi connectivity index (χ4n) is 2.68. The molecule has 1 amide bonds. The Hall–Kier alpha value is -1.60. The molecule has 1 aromatic heterocycles. The molecule has 0 spiro atoms. The van der Waals surface area contributed by atoms with Crippen LogP contribution in [0.1, 0.15) is 31.2 Å². The number of carbonyl (C=O) groups is 1. The summed E-state index contributed by atoms with van der Waals surface area (Å²) in [5.74, 6) is 0.456. The summed E-state index contributed by atoms with van der Waals surface area (Å²) in [5, 5.41) is 15.5. The largest absolute Gasteiger partial charge is 0.357 e. The highest BCUT2D eigenvalue weighted by Gasteiger charge is 2.44. The Morgan fingerprint density at radius 2 is 2.04 bits per heavy atom. The lowest BCUT2D eigenvalue weighted by molar-refractivity contribution is -0.118. The summed E-state index contributed by atoms with van der Waals surface area (Å²) in [7, 11) is 0. The minimum Gasteiger partial charge on any atom is -0.357 e. The first-order valence-corrected chi connectivity index (χ1v) is 10.1. The molecule has 0 aliphatic heterocycles. The summed E-state index contributed by atoms with van der Waals surface area (Å²) >= 11 is 2.98. The van der Waals surface area contributed by atoms with Crippen LogP contribution in [0, 0.1) is 0 Å². The Kier molecular flexibility index (Phi) is 4.45. The van der Waals surface area contributed by atoms with Crippen molar-refractivity contribution in [1.29, 1.82) is 0 Å². The van der Waals surface area contributed by atoms with E-state index in [1.54, 1.807) is 0 Å². The molecule has 2 aliphatic rings. The van der Waals surface area contributed by atoms with Crippen LogP contribution in [0.15, 0.2) is 34.7 Å². The Bertz CT molecular complexity index is 710. The van der Waals surface area contributed by atoms with Crippen LogP contribution in [0.25, 0.3) is 0 Å². The predicted molar refractivity (Wildman–Crippen MR) is 97.6 cm³/mol. The van der Waals surface area contributed by atoms with Crippen LogP contribution in [-0.2, 0) is 10.2 Å². The molecule has 1 aromatic carbocycles. The van der Waals surface area contributed by atoms with Gasteiger partial charge >= 0.3 is 0 Å². The molecule has 2 aliphatic carbocycles. The summed E-state index contributed by atoms with van der Waals surface area (Å²) in [6, 6.07) is 11.0. The van der Waals surface area contributed by atoms with E-state index in [2.05, 4.69) is 45.1 Å². The molecule has 2 saturated carbocycles. The molecular formula is C17H20N4OS2. The molecule has 1 heterocycles. The molecule has 0 atom stereocenters. The molecule has 5 nitrogen and oxygen atoms in total. The number of hydrogen-bond acceptors (Lipinski definition) is 6. The van der Waals surface area contributed by atoms with Crippen molar-refractivity contribution in [3.8, 4) is 0 Å². The number of benzene rings is 1. The molecule has 0 unspecified atom stereocenters. The monoisotopic (exact) mass is 360 g/mol. The summed E-state index contributed by atoms with van der Waals surface area (Å²) in [6.45, 7) is 0.723. The zero-order valence-electron chi connectivity index (χ0n) is 13.3. The highest BCUT2D eigenvalue weighted by atomic mass is 32.2. The van der Waals surface area contributed by atoms with E-state index >= 15 is 0 Å². The van der Waals surface area contributed by atoms with Crippen molar-refractivity contribution < 1.29 is 4.79 Å². The molecule has 2 N–H and O–H groups in total. The Balaban J connectivity index is 1.23. The van der Waals surface area contributed by atoms with Gasteiger partial charge in [-0.05, 0) is 31.2 Å². The van der Waals surface area contributed by atoms with Gasteiger partial charge in [-0.2, -0.15) is 0 Å². The van der Waals surface area contributed by atoms with Crippen LogP contribution >= 0.6 is 23.1 Å². The molecule has 2 fully saturated rings. The highest BCUT2D eigenvalue weighted by Crippen LogP contribution is 2.47. The van der Waals surface area contributed by atoms with E-state index in [0.717, 1.165) is 28.9 Å². The number of nitrogens with one attached hydrogen (secondary N) is 2. The average molecular weight is 361 g/mol. The van der Waals surface area contributed by atoms with Gasteiger partial charge in [0.05, 0.1) is 5.75 Å². The predicted octanol–water partition coefficient (Wildman–Crippen LogP) is 3.05. The average Bonchev–Trinajstić information content (AvgIpc) is 3.52. The third-order valence-electron chi connectivity index (χ3n) is 4.50. The fourth-order valence-corrected chi connectivity index (χ4v) is 4.34. The van der Waals surface area contributed by atoms with E-state index in [-0.39, 0.29) is 11.3 Å². The third-order valence-corrected chi connectivity index (χ3v) is 6.49. The molecule has 4 rings (SSSR count). The van der Waals surface area contributed by atoms with Gasteiger partial charge in [-0.25, -0.2) is 0 Å². The van der Waals surface area contributed by atoms with E-state index in [1.807, 2.05) is 6.07 Å². The van der Waals surface area contributed by atoms with Crippen molar-refractivity contribution in [2.24, 2.45) is 0 Å². The first-order valence-electron chi connectivity index (χ1n) is 8.29. The van der Waals surface area contributed by atoms with Gasteiger partial charge in [0.2, 0.25) is 11.0 Å². The van der Waals surface area contributed by atoms with Crippen molar-refractivity contribution in [2.75, 3.05) is 17.6 Å². The van der Waals surface area contributed by atoms with E-state index < -0.39 is 0 Å². The second kappa shape index (κ2) is 6.72. The maximum absolute atomic E-state index is 12.1. The SMILES string of the molecule is O=C(CSc1nnc(NC2CC2)s1)NCC1(c2ccccc2)CC1. The first kappa shape index (κ1) is 15.9. The van der Waals surface area contributed by atoms with Gasteiger partial charge in [-0.1, -0.05) is 53.4 Å². The van der Waals surface area contributed by atoms with Crippen LogP contribution in [0.4, 0.5) is 5.13 Å². The third kappa shape index (κ3) is 3.89. The van der Waals surface area contributed by atoms with Gasteiger partial charge in [0, 0.05) is 18.0 Å². The number of hydrogen-bond donors (Lipinski definition) is 2. The molecule has 24 heavy (non-hydrogen) atoms. The molecule has 2 aromatic rings. The molecule has 7 heteroatoms. The van der Waals surface area contributed by atoms with Gasteiger partial charge in [-0.3, -0.25) is 4.79 Å². The van der Waals surface area contributed by atoms with Crippen LogP contribution in [0.3, 0.4) is 0 Å². The maximum Gasteiger partial charge on any atom is 0.230 e. The molecule has 0 bridgehead atoms. The summed E-state index contributed by atoms with van der Waals surface area (Å²) in [6.07, 6.45) is 4.73. The second-order valence-electron chi connectivity index (χ2n) is 6.50. The Morgan fingerprint density at radius 3 is 2.75 bits per heavy atom. The van der Waals surface area contributed by atoms with Gasteiger partial charge in [0.15, 0.2) is 4.34 Å². The minimum atomic E-state index is 0.0640. The number of thioether (sulfide) groups is 1. The summed E-state index contributed by atoms with van der Waals surface area (Å²) < 4.78 is 0.845. The summed E-state index contributed by atoms with van der Waals surface area (Å²) in [5.41, 5.74) is 1.49. The second-order valence-corrected chi connectivity index (χ2v) is 8.70. The lowest BCUT2D eigenvalue weighted by Crippen LogP contribution is -2.33. The van der Waals surface area contributed by atoms with Gasteiger partial charge in [-0.15, -0.1) is 10.2 Å². The molecule has 0 saturated heterocycles. The van der Waals surface area contributed by atoms with E-state index in [0.29, 0.717) is 11.8 Å². The normalized spacial score (nSPS) is 18.2. The highest BCUT2D eigenvalue weighted by molar-refractivity contribution is 8.01. The van der Waals surface area contributed by atoms with Crippen LogP contribution in [0.5, 0.6) is 0 Å². The number of carbonyl (C=O) groups excluding carboxylic acids is 1.